The summed E-state index contributed by atoms with van der Waals surface area (Å²) < 4.78 is 24.1. The minimum absolute atomic E-state index is 0.00180. The van der Waals surface area contributed by atoms with E-state index in [1.54, 1.807) is 11.9 Å². The number of rotatable bonds is 4. The predicted octanol–water partition coefficient (Wildman–Crippen LogP) is 1.69. The van der Waals surface area contributed by atoms with Gasteiger partial charge >= 0.3 is 0 Å². The monoisotopic (exact) mass is 332 g/mol. The van der Waals surface area contributed by atoms with Gasteiger partial charge in [-0.05, 0) is 22.4 Å². The molecule has 1 heterocycles. The molecule has 23 heavy (non-hydrogen) atoms. The van der Waals surface area contributed by atoms with E-state index in [2.05, 4.69) is 24.3 Å². The molecule has 5 nitrogen and oxygen atoms in total. The van der Waals surface area contributed by atoms with Gasteiger partial charge in [0.1, 0.15) is 0 Å². The van der Waals surface area contributed by atoms with Crippen LogP contribution in [0.3, 0.4) is 0 Å². The molecule has 1 saturated heterocycles. The Morgan fingerprint density at radius 3 is 2.48 bits per heavy atom. The first-order valence-corrected chi connectivity index (χ1v) is 9.37. The summed E-state index contributed by atoms with van der Waals surface area (Å²) in [5.74, 6) is -0.228. The van der Waals surface area contributed by atoms with E-state index in [-0.39, 0.29) is 11.8 Å². The van der Waals surface area contributed by atoms with E-state index in [1.807, 2.05) is 18.2 Å². The lowest BCUT2D eigenvalue weighted by Crippen LogP contribution is -2.55. The zero-order chi connectivity index (χ0) is 16.6. The summed E-state index contributed by atoms with van der Waals surface area (Å²) in [7, 11) is -1.41. The molecule has 0 bridgehead atoms. The van der Waals surface area contributed by atoms with E-state index >= 15 is 0 Å². The summed E-state index contributed by atoms with van der Waals surface area (Å²) in [4.78, 5) is 14.0. The van der Waals surface area contributed by atoms with Crippen molar-refractivity contribution in [2.24, 2.45) is 5.92 Å². The second-order valence-electron chi connectivity index (χ2n) is 6.15. The standard InChI is InChI=1S/C17H20N2O3S/c1-18(17(20)16-11-19(12-16)23(2,21)22)10-13-7-8-14-5-3-4-6-15(14)9-13/h3-9,16H,10-12H2,1-2H3. The molecule has 2 aromatic carbocycles. The molecule has 0 N–H and O–H groups in total. The van der Waals surface area contributed by atoms with E-state index < -0.39 is 10.0 Å². The highest BCUT2D eigenvalue weighted by molar-refractivity contribution is 7.88. The van der Waals surface area contributed by atoms with Crippen LogP contribution < -0.4 is 0 Å². The SMILES string of the molecule is CN(Cc1ccc2ccccc2c1)C(=O)C1CN(S(C)(=O)=O)C1. The summed E-state index contributed by atoms with van der Waals surface area (Å²) in [6.07, 6.45) is 1.17. The quantitative estimate of drug-likeness (QED) is 0.856. The van der Waals surface area contributed by atoms with Crippen molar-refractivity contribution in [2.75, 3.05) is 26.4 Å². The van der Waals surface area contributed by atoms with Crippen LogP contribution in [0.1, 0.15) is 5.56 Å². The highest BCUT2D eigenvalue weighted by atomic mass is 32.2. The fraction of sp³-hybridized carbons (Fsp3) is 0.353. The molecule has 0 aromatic heterocycles. The van der Waals surface area contributed by atoms with Crippen molar-refractivity contribution in [3.63, 3.8) is 0 Å². The number of carbonyl (C=O) groups is 1. The Morgan fingerprint density at radius 1 is 1.17 bits per heavy atom. The van der Waals surface area contributed by atoms with Crippen LogP contribution in [0.4, 0.5) is 0 Å². The second kappa shape index (κ2) is 5.94. The van der Waals surface area contributed by atoms with Crippen molar-refractivity contribution in [1.29, 1.82) is 0 Å². The molecule has 0 spiro atoms. The van der Waals surface area contributed by atoms with Crippen molar-refractivity contribution < 1.29 is 13.2 Å². The molecule has 1 fully saturated rings. The van der Waals surface area contributed by atoms with E-state index in [9.17, 15) is 13.2 Å². The first kappa shape index (κ1) is 16.0. The van der Waals surface area contributed by atoms with Crippen LogP contribution >= 0.6 is 0 Å². The van der Waals surface area contributed by atoms with E-state index in [0.717, 1.165) is 10.9 Å². The van der Waals surface area contributed by atoms with Gasteiger partial charge in [-0.25, -0.2) is 12.7 Å². The highest BCUT2D eigenvalue weighted by Crippen LogP contribution is 2.22. The number of benzene rings is 2. The molecule has 0 saturated carbocycles. The second-order valence-corrected chi connectivity index (χ2v) is 8.14. The van der Waals surface area contributed by atoms with Gasteiger partial charge in [0.15, 0.2) is 0 Å². The van der Waals surface area contributed by atoms with Gasteiger partial charge in [-0.3, -0.25) is 4.79 Å². The Morgan fingerprint density at radius 2 is 1.83 bits per heavy atom. The van der Waals surface area contributed by atoms with Gasteiger partial charge in [0.05, 0.1) is 12.2 Å². The van der Waals surface area contributed by atoms with Gasteiger partial charge in [0.2, 0.25) is 15.9 Å². The molecule has 0 radical (unpaired) electrons. The third-order valence-electron chi connectivity index (χ3n) is 4.28. The van der Waals surface area contributed by atoms with Crippen LogP contribution in [0.2, 0.25) is 0 Å². The van der Waals surface area contributed by atoms with Crippen LogP contribution in [0.5, 0.6) is 0 Å². The third-order valence-corrected chi connectivity index (χ3v) is 5.51. The highest BCUT2D eigenvalue weighted by Gasteiger charge is 2.38. The predicted molar refractivity (Wildman–Crippen MR) is 90.3 cm³/mol. The Labute approximate surface area is 136 Å². The molecule has 0 unspecified atom stereocenters. The molecular formula is C17H20N2O3S. The molecule has 1 amide bonds. The number of sulfonamides is 1. The number of hydrogen-bond donors (Lipinski definition) is 0. The molecule has 0 atom stereocenters. The van der Waals surface area contributed by atoms with Crippen LogP contribution in [0, 0.1) is 5.92 Å². The van der Waals surface area contributed by atoms with Crippen molar-refractivity contribution in [2.45, 2.75) is 6.54 Å². The van der Waals surface area contributed by atoms with Gasteiger partial charge in [-0.1, -0.05) is 36.4 Å². The minimum atomic E-state index is -3.18. The fourth-order valence-electron chi connectivity index (χ4n) is 2.87. The number of carbonyl (C=O) groups excluding carboxylic acids is 1. The van der Waals surface area contributed by atoms with Gasteiger partial charge in [0, 0.05) is 26.7 Å². The van der Waals surface area contributed by atoms with Gasteiger partial charge in [-0.2, -0.15) is 0 Å². The lowest BCUT2D eigenvalue weighted by molar-refractivity contribution is -0.138. The maximum atomic E-state index is 12.4. The topological polar surface area (TPSA) is 57.7 Å². The minimum Gasteiger partial charge on any atom is -0.341 e. The summed E-state index contributed by atoms with van der Waals surface area (Å²) in [5.41, 5.74) is 1.07. The van der Waals surface area contributed by atoms with Crippen molar-refractivity contribution in [1.82, 2.24) is 9.21 Å². The Kier molecular flexibility index (Phi) is 4.12. The smallest absolute Gasteiger partial charge is 0.228 e. The average Bonchev–Trinajstić information content (AvgIpc) is 2.44. The van der Waals surface area contributed by atoms with E-state index in [4.69, 9.17) is 0 Å². The number of fused-ring (bicyclic) bond motifs is 1. The molecule has 0 aliphatic carbocycles. The van der Waals surface area contributed by atoms with Crippen LogP contribution in [-0.2, 0) is 21.4 Å². The largest absolute Gasteiger partial charge is 0.341 e. The molecule has 3 rings (SSSR count). The Bertz CT molecular complexity index is 842. The molecular weight excluding hydrogens is 312 g/mol. The zero-order valence-corrected chi connectivity index (χ0v) is 14.1. The number of hydrogen-bond acceptors (Lipinski definition) is 3. The van der Waals surface area contributed by atoms with Crippen LogP contribution in [0.15, 0.2) is 42.5 Å². The Hall–Kier alpha value is -1.92. The maximum absolute atomic E-state index is 12.4. The van der Waals surface area contributed by atoms with Crippen molar-refractivity contribution in [3.05, 3.63) is 48.0 Å². The molecule has 122 valence electrons. The first-order chi connectivity index (χ1) is 10.8. The van der Waals surface area contributed by atoms with Crippen molar-refractivity contribution >= 4 is 26.7 Å². The molecule has 2 aromatic rings. The molecule has 6 heteroatoms. The maximum Gasteiger partial charge on any atom is 0.228 e. The number of amides is 1. The Balaban J connectivity index is 1.64. The average molecular weight is 332 g/mol. The summed E-state index contributed by atoms with van der Waals surface area (Å²) in [6.45, 7) is 1.11. The summed E-state index contributed by atoms with van der Waals surface area (Å²) in [6, 6.07) is 14.3. The van der Waals surface area contributed by atoms with Crippen molar-refractivity contribution in [3.8, 4) is 0 Å². The normalized spacial score (nSPS) is 16.3. The lowest BCUT2D eigenvalue weighted by Gasteiger charge is -2.38. The van der Waals surface area contributed by atoms with Gasteiger partial charge < -0.3 is 4.90 Å². The van der Waals surface area contributed by atoms with E-state index in [1.165, 1.54) is 15.9 Å². The van der Waals surface area contributed by atoms with E-state index in [0.29, 0.717) is 19.6 Å². The van der Waals surface area contributed by atoms with Crippen LogP contribution in [0.25, 0.3) is 10.8 Å². The summed E-state index contributed by atoms with van der Waals surface area (Å²) >= 11 is 0. The van der Waals surface area contributed by atoms with Gasteiger partial charge in [-0.15, -0.1) is 0 Å². The number of nitrogens with zero attached hydrogens (tertiary/aromatic N) is 2. The molecule has 1 aliphatic rings. The zero-order valence-electron chi connectivity index (χ0n) is 13.3. The lowest BCUT2D eigenvalue weighted by atomic mass is 10.0. The fourth-order valence-corrected chi connectivity index (χ4v) is 3.77. The molecule has 1 aliphatic heterocycles. The summed E-state index contributed by atoms with van der Waals surface area (Å²) in [5, 5.41) is 2.32. The first-order valence-electron chi connectivity index (χ1n) is 7.52. The van der Waals surface area contributed by atoms with Gasteiger partial charge in [0.25, 0.3) is 0 Å². The van der Waals surface area contributed by atoms with Crippen LogP contribution in [-0.4, -0.2) is 49.9 Å². The third kappa shape index (κ3) is 3.38.